The Kier molecular flexibility index (Phi) is 16.7. The molecule has 2 aliphatic heterocycles. The Bertz CT molecular complexity index is 1980. The summed E-state index contributed by atoms with van der Waals surface area (Å²) in [5, 5.41) is 17.1. The number of hydrogen-bond donors (Lipinski definition) is 6. The van der Waals surface area contributed by atoms with Crippen molar-refractivity contribution < 1.29 is 43.0 Å². The van der Waals surface area contributed by atoms with Gasteiger partial charge >= 0.3 is 12.2 Å². The van der Waals surface area contributed by atoms with Gasteiger partial charge in [-0.3, -0.25) is 24.0 Å². The highest BCUT2D eigenvalue weighted by Crippen LogP contribution is 2.61. The molecule has 2 spiro atoms. The minimum Gasteiger partial charge on any atom is -0.444 e. The minimum atomic E-state index is -1.16. The van der Waals surface area contributed by atoms with Crippen LogP contribution in [0.5, 0.6) is 0 Å². The van der Waals surface area contributed by atoms with Gasteiger partial charge < -0.3 is 46.3 Å². The Morgan fingerprint density at radius 2 is 1.15 bits per heavy atom. The van der Waals surface area contributed by atoms with Gasteiger partial charge in [-0.1, -0.05) is 74.5 Å². The van der Waals surface area contributed by atoms with E-state index in [-0.39, 0.29) is 54.2 Å². The van der Waals surface area contributed by atoms with Crippen LogP contribution in [0.4, 0.5) is 9.59 Å². The molecule has 3 aliphatic rings. The lowest BCUT2D eigenvalue weighted by Gasteiger charge is -2.63. The van der Waals surface area contributed by atoms with Gasteiger partial charge in [0.15, 0.2) is 0 Å². The van der Waals surface area contributed by atoms with Gasteiger partial charge in [-0.05, 0) is 103 Å². The number of carbonyl (C=O) groups excluding carboxylic acids is 7. The average Bonchev–Trinajstić information content (AvgIpc) is 3.58. The van der Waals surface area contributed by atoms with Crippen LogP contribution in [0.1, 0.15) is 111 Å². The van der Waals surface area contributed by atoms with E-state index in [0.717, 1.165) is 24.0 Å². The third-order valence-electron chi connectivity index (χ3n) is 11.8. The van der Waals surface area contributed by atoms with E-state index in [1.165, 1.54) is 0 Å². The topological polar surface area (TPSA) is 213 Å². The number of benzene rings is 2. The van der Waals surface area contributed by atoms with Crippen molar-refractivity contribution in [2.75, 3.05) is 26.2 Å². The summed E-state index contributed by atoms with van der Waals surface area (Å²) in [7, 11) is 0. The Balaban J connectivity index is 1.30. The van der Waals surface area contributed by atoms with Crippen LogP contribution >= 0.6 is 0 Å². The fourth-order valence-electron chi connectivity index (χ4n) is 9.23. The number of ether oxygens (including phenoxy) is 2. The van der Waals surface area contributed by atoms with Crippen LogP contribution in [-0.4, -0.2) is 108 Å². The van der Waals surface area contributed by atoms with Crippen molar-refractivity contribution in [2.45, 2.75) is 149 Å². The van der Waals surface area contributed by atoms with Crippen molar-refractivity contribution >= 4 is 41.7 Å². The summed E-state index contributed by atoms with van der Waals surface area (Å²) >= 11 is 0. The van der Waals surface area contributed by atoms with Crippen LogP contribution in [0.15, 0.2) is 60.7 Å². The fraction of sp³-hybridized carbons (Fsp3) is 0.612. The maximum atomic E-state index is 14.4. The summed E-state index contributed by atoms with van der Waals surface area (Å²) in [5.41, 5.74) is -0.0259. The second kappa shape index (κ2) is 21.5. The fourth-order valence-corrected chi connectivity index (χ4v) is 9.23. The summed E-state index contributed by atoms with van der Waals surface area (Å²) in [4.78, 5) is 96.1. The van der Waals surface area contributed by atoms with Crippen molar-refractivity contribution in [1.82, 2.24) is 36.8 Å². The molecule has 0 unspecified atom stereocenters. The highest BCUT2D eigenvalue weighted by atomic mass is 16.6. The van der Waals surface area contributed by atoms with Gasteiger partial charge in [0, 0.05) is 50.9 Å². The summed E-state index contributed by atoms with van der Waals surface area (Å²) < 4.78 is 10.8. The number of alkyl carbamates (subject to hydrolysis) is 2. The Labute approximate surface area is 383 Å². The molecule has 16 nitrogen and oxygen atoms in total. The molecule has 0 bridgehead atoms. The molecule has 1 aliphatic carbocycles. The van der Waals surface area contributed by atoms with Crippen LogP contribution in [0.2, 0.25) is 0 Å². The third kappa shape index (κ3) is 15.5. The maximum Gasteiger partial charge on any atom is 0.408 e. The van der Waals surface area contributed by atoms with Gasteiger partial charge in [0.05, 0.1) is 0 Å². The lowest BCUT2D eigenvalue weighted by Crippen LogP contribution is -2.69. The van der Waals surface area contributed by atoms with Crippen LogP contribution < -0.4 is 31.9 Å². The quantitative estimate of drug-likeness (QED) is 0.108. The first-order chi connectivity index (χ1) is 30.5. The number of hydrogen-bond acceptors (Lipinski definition) is 9. The van der Waals surface area contributed by atoms with E-state index in [2.05, 4.69) is 31.9 Å². The molecule has 6 N–H and O–H groups in total. The number of rotatable bonds is 19. The highest BCUT2D eigenvalue weighted by molar-refractivity contribution is 5.95. The van der Waals surface area contributed by atoms with Crippen molar-refractivity contribution in [3.63, 3.8) is 0 Å². The zero-order valence-electron chi connectivity index (χ0n) is 39.5. The molecular formula is C49H71N7O9. The lowest BCUT2D eigenvalue weighted by molar-refractivity contribution is -0.169. The molecule has 2 heterocycles. The van der Waals surface area contributed by atoms with Crippen molar-refractivity contribution in [2.24, 2.45) is 16.7 Å². The maximum absolute atomic E-state index is 14.4. The number of unbranched alkanes of at least 4 members (excludes halogenated alkanes) is 1. The van der Waals surface area contributed by atoms with Crippen LogP contribution in [0, 0.1) is 16.7 Å². The molecule has 3 fully saturated rings. The number of amides is 7. The second-order valence-electron chi connectivity index (χ2n) is 20.8. The Hall–Kier alpha value is -5.67. The number of likely N-dealkylation sites (tertiary alicyclic amines) is 1. The van der Waals surface area contributed by atoms with E-state index in [0.29, 0.717) is 45.4 Å². The van der Waals surface area contributed by atoms with Gasteiger partial charge in [-0.2, -0.15) is 0 Å². The molecule has 2 aromatic carbocycles. The third-order valence-corrected chi connectivity index (χ3v) is 11.8. The van der Waals surface area contributed by atoms with Gasteiger partial charge in [0.25, 0.3) is 0 Å². The Morgan fingerprint density at radius 1 is 0.662 bits per heavy atom. The summed E-state index contributed by atoms with van der Waals surface area (Å²) in [6, 6.07) is 14.1. The van der Waals surface area contributed by atoms with E-state index in [1.54, 1.807) is 46.4 Å². The van der Waals surface area contributed by atoms with Gasteiger partial charge in [-0.15, -0.1) is 0 Å². The predicted molar refractivity (Wildman–Crippen MR) is 245 cm³/mol. The molecule has 356 valence electrons. The molecule has 16 heteroatoms. The smallest absolute Gasteiger partial charge is 0.408 e. The SMILES string of the molecule is CC(C)C[C@@H](NC(=O)[C@@H](Cc1ccccc1)NC(=O)[C@@H](Cc1ccccc1)NC(=O)OC(C)(C)C)C(=O)N[C@H](CCCCNC(=O)OC(C)(C)C)C(=O)N1CC2(C1)CC1(CNC(=O)C1)C2. The summed E-state index contributed by atoms with van der Waals surface area (Å²) in [6.45, 7) is 16.4. The Morgan fingerprint density at radius 3 is 1.66 bits per heavy atom. The van der Waals surface area contributed by atoms with Crippen molar-refractivity contribution in [1.29, 1.82) is 0 Å². The molecular weight excluding hydrogens is 831 g/mol. The zero-order valence-corrected chi connectivity index (χ0v) is 39.5. The monoisotopic (exact) mass is 902 g/mol. The first-order valence-corrected chi connectivity index (χ1v) is 23.0. The van der Waals surface area contributed by atoms with Gasteiger partial charge in [0.2, 0.25) is 29.5 Å². The molecule has 7 amide bonds. The number of carbonyl (C=O) groups is 7. The molecule has 2 saturated heterocycles. The molecule has 4 atom stereocenters. The largest absolute Gasteiger partial charge is 0.444 e. The van der Waals surface area contributed by atoms with E-state index < -0.39 is 65.3 Å². The van der Waals surface area contributed by atoms with E-state index in [9.17, 15) is 33.6 Å². The van der Waals surface area contributed by atoms with E-state index in [4.69, 9.17) is 9.47 Å². The van der Waals surface area contributed by atoms with Crippen molar-refractivity contribution in [3.05, 3.63) is 71.8 Å². The highest BCUT2D eigenvalue weighted by Gasteiger charge is 2.62. The molecule has 1 saturated carbocycles. The second-order valence-corrected chi connectivity index (χ2v) is 20.8. The molecule has 2 aromatic rings. The van der Waals surface area contributed by atoms with E-state index >= 15 is 0 Å². The van der Waals surface area contributed by atoms with E-state index in [1.807, 2.05) is 74.5 Å². The van der Waals surface area contributed by atoms with Gasteiger partial charge in [0.1, 0.15) is 35.4 Å². The van der Waals surface area contributed by atoms with Gasteiger partial charge in [-0.25, -0.2) is 9.59 Å². The lowest BCUT2D eigenvalue weighted by atomic mass is 9.49. The number of nitrogens with one attached hydrogen (secondary N) is 6. The predicted octanol–water partition coefficient (Wildman–Crippen LogP) is 4.69. The van der Waals surface area contributed by atoms with Crippen LogP contribution in [0.25, 0.3) is 0 Å². The summed E-state index contributed by atoms with van der Waals surface area (Å²) in [5.74, 6) is -1.98. The average molecular weight is 902 g/mol. The van der Waals surface area contributed by atoms with Crippen molar-refractivity contribution in [3.8, 4) is 0 Å². The summed E-state index contributed by atoms with van der Waals surface area (Å²) in [6.07, 6.45) is 2.65. The first-order valence-electron chi connectivity index (χ1n) is 23.0. The first kappa shape index (κ1) is 50.3. The van der Waals surface area contributed by atoms with Crippen LogP contribution in [0.3, 0.4) is 0 Å². The molecule has 5 rings (SSSR count). The standard InChI is InChI=1S/C49H71N7O9/c1-32(2)23-36(53-41(59)37(24-33-17-11-9-12-18-33)54-42(60)38(25-34-19-13-10-14-20-34)55-45(63)65-47(6,7)8)40(58)52-35(21-15-16-22-50-44(62)64-46(3,4)5)43(61)56-30-49(31-56)27-48(28-49)26-39(57)51-29-48/h9-14,17-20,32,35-38H,15-16,21-31H2,1-8H3,(H,50,62)(H,51,57)(H,52,58)(H,53,59)(H,54,60)(H,55,63)/t35-,36-,37-,38-/m1/s1. The molecule has 65 heavy (non-hydrogen) atoms. The normalized spacial score (nSPS) is 17.9. The zero-order chi connectivity index (χ0) is 47.6. The molecule has 0 radical (unpaired) electrons. The number of nitrogens with zero attached hydrogens (tertiary/aromatic N) is 1. The van der Waals surface area contributed by atoms with Crippen LogP contribution in [-0.2, 0) is 46.3 Å². The minimum absolute atomic E-state index is 0.0390. The molecule has 0 aromatic heterocycles.